The maximum atomic E-state index is 11.5. The smallest absolute Gasteiger partial charge is 0.303 e. The van der Waals surface area contributed by atoms with Crippen molar-refractivity contribution in [2.75, 3.05) is 6.61 Å². The largest absolute Gasteiger partial charge is 0.457 e. The second kappa shape index (κ2) is 5.89. The zero-order valence-electron chi connectivity index (χ0n) is 12.6. The van der Waals surface area contributed by atoms with Crippen LogP contribution in [0.25, 0.3) is 0 Å². The van der Waals surface area contributed by atoms with E-state index in [9.17, 15) is 4.79 Å². The zero-order valence-corrected chi connectivity index (χ0v) is 14.9. The van der Waals surface area contributed by atoms with Gasteiger partial charge in [0.2, 0.25) is 12.2 Å². The van der Waals surface area contributed by atoms with Crippen molar-refractivity contribution in [3.8, 4) is 0 Å². The molecule has 0 aromatic heterocycles. The molecule has 2 unspecified atom stereocenters. The van der Waals surface area contributed by atoms with Crippen molar-refractivity contribution < 1.29 is 28.5 Å². The second-order valence-corrected chi connectivity index (χ2v) is 8.23. The van der Waals surface area contributed by atoms with Crippen molar-refractivity contribution in [2.24, 2.45) is 4.99 Å². The first-order chi connectivity index (χ1) is 10.6. The molecule has 10 heteroatoms. The van der Waals surface area contributed by atoms with E-state index in [1.165, 1.54) is 6.92 Å². The van der Waals surface area contributed by atoms with Gasteiger partial charge >= 0.3 is 5.97 Å². The first-order valence-corrected chi connectivity index (χ1v) is 8.16. The van der Waals surface area contributed by atoms with Crippen LogP contribution in [0.2, 0.25) is 0 Å². The van der Waals surface area contributed by atoms with E-state index in [2.05, 4.69) is 4.99 Å². The van der Waals surface area contributed by atoms with Gasteiger partial charge < -0.3 is 23.7 Å². The van der Waals surface area contributed by atoms with Crippen LogP contribution in [0.15, 0.2) is 4.99 Å². The Kier molecular flexibility index (Phi) is 4.49. The molecule has 0 N–H and O–H groups in total. The average molecular weight is 389 g/mol. The summed E-state index contributed by atoms with van der Waals surface area (Å²) in [6.45, 7) is 5.09. The summed E-state index contributed by atoms with van der Waals surface area (Å²) in [5.74, 6) is -1.41. The van der Waals surface area contributed by atoms with E-state index < -0.39 is 46.2 Å². The van der Waals surface area contributed by atoms with Gasteiger partial charge in [-0.15, -0.1) is 0 Å². The SMILES string of the molecule is CC(=O)O[C@@H]1C2N=C(C(Cl)(Cl)Cl)O[C@@H]2OC2COC(C)(C)O[C@@H]21. The number of esters is 1. The molecule has 3 aliphatic heterocycles. The number of nitrogens with zero attached hydrogens (tertiary/aromatic N) is 1. The van der Waals surface area contributed by atoms with Gasteiger partial charge in [0.25, 0.3) is 3.79 Å². The number of carbonyl (C=O) groups is 1. The van der Waals surface area contributed by atoms with Crippen LogP contribution in [0.4, 0.5) is 0 Å². The summed E-state index contributed by atoms with van der Waals surface area (Å²) in [5.41, 5.74) is 0. The highest BCUT2D eigenvalue weighted by Gasteiger charge is 2.57. The molecule has 3 heterocycles. The third kappa shape index (κ3) is 3.55. The standard InChI is InChI=1S/C13H16Cl3NO6/c1-5(18)20-9-7-10(22-11(17-7)13(14,15)16)21-6-4-19-12(2,3)23-8(6)9/h6-10H,4H2,1-3H3/t6?,7?,8-,9+,10-/m0/s1. The molecule has 0 spiro atoms. The maximum Gasteiger partial charge on any atom is 0.303 e. The molecule has 2 saturated heterocycles. The summed E-state index contributed by atoms with van der Waals surface area (Å²) >= 11 is 17.4. The minimum absolute atomic E-state index is 0.103. The van der Waals surface area contributed by atoms with Gasteiger partial charge in [0.05, 0.1) is 6.61 Å². The molecule has 0 bridgehead atoms. The molecule has 5 atom stereocenters. The Balaban J connectivity index is 1.90. The fraction of sp³-hybridized carbons (Fsp3) is 0.846. The molecular weight excluding hydrogens is 373 g/mol. The maximum absolute atomic E-state index is 11.5. The Morgan fingerprint density at radius 2 is 2.09 bits per heavy atom. The normalized spacial score (nSPS) is 38.9. The van der Waals surface area contributed by atoms with Crippen molar-refractivity contribution >= 4 is 46.7 Å². The van der Waals surface area contributed by atoms with Crippen LogP contribution >= 0.6 is 34.8 Å². The van der Waals surface area contributed by atoms with Gasteiger partial charge in [-0.3, -0.25) is 4.79 Å². The van der Waals surface area contributed by atoms with E-state index in [1.54, 1.807) is 13.8 Å². The molecule has 0 saturated carbocycles. The van der Waals surface area contributed by atoms with Crippen molar-refractivity contribution in [3.63, 3.8) is 0 Å². The summed E-state index contributed by atoms with van der Waals surface area (Å²) in [6.07, 6.45) is -2.62. The number of hydrogen-bond donors (Lipinski definition) is 0. The van der Waals surface area contributed by atoms with E-state index in [4.69, 9.17) is 58.5 Å². The van der Waals surface area contributed by atoms with Gasteiger partial charge in [-0.05, 0) is 13.8 Å². The first-order valence-electron chi connectivity index (χ1n) is 7.03. The molecule has 3 aliphatic rings. The van der Waals surface area contributed by atoms with Crippen LogP contribution in [-0.4, -0.2) is 58.7 Å². The fourth-order valence-electron chi connectivity index (χ4n) is 2.79. The Labute approximate surface area is 148 Å². The number of alkyl halides is 3. The lowest BCUT2D eigenvalue weighted by molar-refractivity contribution is -0.358. The predicted molar refractivity (Wildman–Crippen MR) is 81.7 cm³/mol. The Bertz CT molecular complexity index is 534. The summed E-state index contributed by atoms with van der Waals surface area (Å²) in [6, 6.07) is -0.681. The lowest BCUT2D eigenvalue weighted by Crippen LogP contribution is -2.64. The number of ether oxygens (including phenoxy) is 5. The van der Waals surface area contributed by atoms with Crippen LogP contribution in [0, 0.1) is 0 Å². The quantitative estimate of drug-likeness (QED) is 0.505. The molecule has 130 valence electrons. The summed E-state index contributed by atoms with van der Waals surface area (Å²) in [5, 5.41) is 0. The number of aliphatic imine (C=N–C) groups is 1. The summed E-state index contributed by atoms with van der Waals surface area (Å²) in [4.78, 5) is 15.7. The Morgan fingerprint density at radius 3 is 2.70 bits per heavy atom. The van der Waals surface area contributed by atoms with E-state index >= 15 is 0 Å². The molecule has 7 nitrogen and oxygen atoms in total. The minimum atomic E-state index is -1.83. The van der Waals surface area contributed by atoms with Gasteiger partial charge in [-0.2, -0.15) is 0 Å². The number of hydrogen-bond acceptors (Lipinski definition) is 7. The zero-order chi connectivity index (χ0) is 17.0. The number of fused-ring (bicyclic) bond motifs is 2. The number of rotatable bonds is 1. The first kappa shape index (κ1) is 17.5. The van der Waals surface area contributed by atoms with E-state index in [0.717, 1.165) is 0 Å². The van der Waals surface area contributed by atoms with Crippen LogP contribution in [0.5, 0.6) is 0 Å². The molecule has 3 rings (SSSR count). The van der Waals surface area contributed by atoms with Gasteiger partial charge in [0.15, 0.2) is 17.9 Å². The highest BCUT2D eigenvalue weighted by molar-refractivity contribution is 6.76. The van der Waals surface area contributed by atoms with Crippen LogP contribution in [-0.2, 0) is 28.5 Å². The molecular formula is C13H16Cl3NO6. The van der Waals surface area contributed by atoms with Crippen LogP contribution < -0.4 is 0 Å². The molecule has 0 amide bonds. The number of carbonyl (C=O) groups excluding carboxylic acids is 1. The number of halogens is 3. The summed E-state index contributed by atoms with van der Waals surface area (Å²) in [7, 11) is 0. The molecule has 0 aromatic rings. The molecule has 2 fully saturated rings. The minimum Gasteiger partial charge on any atom is -0.457 e. The van der Waals surface area contributed by atoms with Crippen molar-refractivity contribution in [3.05, 3.63) is 0 Å². The average Bonchev–Trinajstić information content (AvgIpc) is 2.82. The van der Waals surface area contributed by atoms with E-state index in [1.807, 2.05) is 0 Å². The molecule has 0 aromatic carbocycles. The third-order valence-electron chi connectivity index (χ3n) is 3.67. The van der Waals surface area contributed by atoms with Crippen molar-refractivity contribution in [1.29, 1.82) is 0 Å². The fourth-order valence-corrected chi connectivity index (χ4v) is 3.07. The Morgan fingerprint density at radius 1 is 1.39 bits per heavy atom. The Hall–Kier alpha value is -0.310. The summed E-state index contributed by atoms with van der Waals surface area (Å²) < 4.78 is 26.3. The van der Waals surface area contributed by atoms with Gasteiger partial charge in [-0.25, -0.2) is 4.99 Å². The van der Waals surface area contributed by atoms with Gasteiger partial charge in [-0.1, -0.05) is 34.8 Å². The van der Waals surface area contributed by atoms with E-state index in [-0.39, 0.29) is 12.5 Å². The third-order valence-corrected chi connectivity index (χ3v) is 4.15. The lowest BCUT2D eigenvalue weighted by Gasteiger charge is -2.48. The topological polar surface area (TPSA) is 75.6 Å². The highest BCUT2D eigenvalue weighted by atomic mass is 35.6. The lowest BCUT2D eigenvalue weighted by atomic mass is 9.96. The van der Waals surface area contributed by atoms with Crippen LogP contribution in [0.1, 0.15) is 20.8 Å². The molecule has 23 heavy (non-hydrogen) atoms. The van der Waals surface area contributed by atoms with Crippen LogP contribution in [0.3, 0.4) is 0 Å². The second-order valence-electron chi connectivity index (χ2n) is 5.95. The molecule has 0 aliphatic carbocycles. The van der Waals surface area contributed by atoms with E-state index in [0.29, 0.717) is 0 Å². The van der Waals surface area contributed by atoms with Crippen molar-refractivity contribution in [1.82, 2.24) is 0 Å². The van der Waals surface area contributed by atoms with Crippen molar-refractivity contribution in [2.45, 2.75) is 61.0 Å². The predicted octanol–water partition coefficient (Wildman–Crippen LogP) is 1.96. The van der Waals surface area contributed by atoms with Gasteiger partial charge in [0, 0.05) is 6.92 Å². The van der Waals surface area contributed by atoms with Gasteiger partial charge in [0.1, 0.15) is 12.2 Å². The monoisotopic (exact) mass is 387 g/mol. The highest BCUT2D eigenvalue weighted by Crippen LogP contribution is 2.40. The molecule has 0 radical (unpaired) electrons.